The van der Waals surface area contributed by atoms with Crippen LogP contribution >= 0.6 is 0 Å². The van der Waals surface area contributed by atoms with Gasteiger partial charge >= 0.3 is 0 Å². The maximum absolute atomic E-state index is 11.1. The number of primary amides is 1. The van der Waals surface area contributed by atoms with Crippen molar-refractivity contribution in [2.75, 3.05) is 0 Å². The van der Waals surface area contributed by atoms with Gasteiger partial charge < -0.3 is 10.5 Å². The predicted octanol–water partition coefficient (Wildman–Crippen LogP) is 2.60. The molecule has 0 radical (unpaired) electrons. The Hall–Kier alpha value is -2.29. The third-order valence-electron chi connectivity index (χ3n) is 2.88. The van der Waals surface area contributed by atoms with Gasteiger partial charge in [-0.1, -0.05) is 48.5 Å². The standard InChI is InChI=1S/C16H17NO2/c1-12-6-5-9-14(10-15(17)18)16(12)19-11-13-7-3-2-4-8-13/h2-9H,10-11H2,1H3,(H2,17,18). The number of amides is 1. The smallest absolute Gasteiger partial charge is 0.221 e. The van der Waals surface area contributed by atoms with Crippen LogP contribution < -0.4 is 10.5 Å². The van der Waals surface area contributed by atoms with Gasteiger partial charge in [0.05, 0.1) is 6.42 Å². The molecule has 98 valence electrons. The van der Waals surface area contributed by atoms with Gasteiger partial charge in [0.15, 0.2) is 0 Å². The van der Waals surface area contributed by atoms with E-state index in [0.29, 0.717) is 6.61 Å². The third kappa shape index (κ3) is 3.58. The van der Waals surface area contributed by atoms with Crippen molar-refractivity contribution in [2.24, 2.45) is 5.73 Å². The largest absolute Gasteiger partial charge is 0.488 e. The lowest BCUT2D eigenvalue weighted by Gasteiger charge is -2.13. The molecule has 0 saturated heterocycles. The van der Waals surface area contributed by atoms with E-state index in [9.17, 15) is 4.79 Å². The molecule has 2 aromatic rings. The summed E-state index contributed by atoms with van der Waals surface area (Å²) < 4.78 is 5.85. The second-order valence-corrected chi connectivity index (χ2v) is 4.48. The molecule has 1 amide bonds. The highest BCUT2D eigenvalue weighted by Gasteiger charge is 2.09. The molecule has 2 rings (SSSR count). The minimum Gasteiger partial charge on any atom is -0.488 e. The molecule has 0 aliphatic carbocycles. The lowest BCUT2D eigenvalue weighted by Crippen LogP contribution is -2.14. The Bertz CT molecular complexity index is 564. The highest BCUT2D eigenvalue weighted by atomic mass is 16.5. The van der Waals surface area contributed by atoms with E-state index in [0.717, 1.165) is 22.4 Å². The van der Waals surface area contributed by atoms with Crippen LogP contribution in [0.5, 0.6) is 5.75 Å². The molecule has 0 unspecified atom stereocenters. The average Bonchev–Trinajstić information content (AvgIpc) is 2.38. The first kappa shape index (κ1) is 13.1. The van der Waals surface area contributed by atoms with Gasteiger partial charge in [-0.3, -0.25) is 4.79 Å². The fourth-order valence-corrected chi connectivity index (χ4v) is 1.98. The summed E-state index contributed by atoms with van der Waals surface area (Å²) in [5.41, 5.74) is 8.20. The maximum atomic E-state index is 11.1. The number of aryl methyl sites for hydroxylation is 1. The Morgan fingerprint density at radius 1 is 1.11 bits per heavy atom. The predicted molar refractivity (Wildman–Crippen MR) is 74.9 cm³/mol. The van der Waals surface area contributed by atoms with Crippen molar-refractivity contribution in [2.45, 2.75) is 20.0 Å². The number of hydrogen-bond acceptors (Lipinski definition) is 2. The Labute approximate surface area is 113 Å². The van der Waals surface area contributed by atoms with Crippen LogP contribution in [0.15, 0.2) is 48.5 Å². The average molecular weight is 255 g/mol. The van der Waals surface area contributed by atoms with Gasteiger partial charge in [0.1, 0.15) is 12.4 Å². The molecule has 2 N–H and O–H groups in total. The van der Waals surface area contributed by atoms with Gasteiger partial charge in [0.25, 0.3) is 0 Å². The second kappa shape index (κ2) is 6.05. The molecule has 0 spiro atoms. The minimum absolute atomic E-state index is 0.200. The Balaban J connectivity index is 2.17. The third-order valence-corrected chi connectivity index (χ3v) is 2.88. The quantitative estimate of drug-likeness (QED) is 0.892. The Kier molecular flexibility index (Phi) is 4.18. The van der Waals surface area contributed by atoms with E-state index < -0.39 is 0 Å². The Morgan fingerprint density at radius 2 is 1.84 bits per heavy atom. The molecular weight excluding hydrogens is 238 g/mol. The number of hydrogen-bond donors (Lipinski definition) is 1. The fourth-order valence-electron chi connectivity index (χ4n) is 1.98. The lowest BCUT2D eigenvalue weighted by molar-refractivity contribution is -0.117. The van der Waals surface area contributed by atoms with Gasteiger partial charge in [-0.05, 0) is 18.1 Å². The highest BCUT2D eigenvalue weighted by molar-refractivity contribution is 5.77. The summed E-state index contributed by atoms with van der Waals surface area (Å²) in [6, 6.07) is 15.7. The minimum atomic E-state index is -0.352. The van der Waals surface area contributed by atoms with Crippen molar-refractivity contribution in [1.29, 1.82) is 0 Å². The molecule has 0 aliphatic rings. The first-order valence-corrected chi connectivity index (χ1v) is 6.20. The summed E-state index contributed by atoms with van der Waals surface area (Å²) in [6.07, 6.45) is 0.200. The molecule has 0 fully saturated rings. The highest BCUT2D eigenvalue weighted by Crippen LogP contribution is 2.24. The summed E-state index contributed by atoms with van der Waals surface area (Å²) in [5, 5.41) is 0. The molecule has 2 aromatic carbocycles. The number of ether oxygens (including phenoxy) is 1. The fraction of sp³-hybridized carbons (Fsp3) is 0.188. The van der Waals surface area contributed by atoms with Gasteiger partial charge in [-0.25, -0.2) is 0 Å². The molecule has 3 heteroatoms. The summed E-state index contributed by atoms with van der Waals surface area (Å²) in [6.45, 7) is 2.45. The topological polar surface area (TPSA) is 52.3 Å². The van der Waals surface area contributed by atoms with E-state index in [1.54, 1.807) is 0 Å². The van der Waals surface area contributed by atoms with Crippen molar-refractivity contribution in [1.82, 2.24) is 0 Å². The summed E-state index contributed by atoms with van der Waals surface area (Å²) in [7, 11) is 0. The number of rotatable bonds is 5. The zero-order chi connectivity index (χ0) is 13.7. The summed E-state index contributed by atoms with van der Waals surface area (Å²) in [4.78, 5) is 11.1. The number of nitrogens with two attached hydrogens (primary N) is 1. The molecule has 0 bridgehead atoms. The molecule has 19 heavy (non-hydrogen) atoms. The van der Waals surface area contributed by atoms with E-state index in [4.69, 9.17) is 10.5 Å². The van der Waals surface area contributed by atoms with Gasteiger partial charge in [0.2, 0.25) is 5.91 Å². The van der Waals surface area contributed by atoms with Crippen LogP contribution in [0.1, 0.15) is 16.7 Å². The normalized spacial score (nSPS) is 10.2. The first-order chi connectivity index (χ1) is 9.16. The van der Waals surface area contributed by atoms with Gasteiger partial charge in [-0.15, -0.1) is 0 Å². The van der Waals surface area contributed by atoms with Crippen molar-refractivity contribution >= 4 is 5.91 Å². The zero-order valence-electron chi connectivity index (χ0n) is 10.9. The molecule has 0 atom stereocenters. The van der Waals surface area contributed by atoms with Crippen LogP contribution in [0.3, 0.4) is 0 Å². The van der Waals surface area contributed by atoms with E-state index in [1.165, 1.54) is 0 Å². The summed E-state index contributed by atoms with van der Waals surface area (Å²) >= 11 is 0. The molecule has 0 saturated carbocycles. The number of carbonyl (C=O) groups excluding carboxylic acids is 1. The van der Waals surface area contributed by atoms with Crippen LogP contribution in [0.4, 0.5) is 0 Å². The molecule has 3 nitrogen and oxygen atoms in total. The molecule has 0 heterocycles. The number of carbonyl (C=O) groups is 1. The van der Waals surface area contributed by atoms with Gasteiger partial charge in [-0.2, -0.15) is 0 Å². The monoisotopic (exact) mass is 255 g/mol. The number of para-hydroxylation sites is 1. The number of benzene rings is 2. The van der Waals surface area contributed by atoms with Crippen LogP contribution in [0.2, 0.25) is 0 Å². The lowest BCUT2D eigenvalue weighted by atomic mass is 10.1. The Morgan fingerprint density at radius 3 is 2.53 bits per heavy atom. The summed E-state index contributed by atoms with van der Waals surface area (Å²) in [5.74, 6) is 0.403. The maximum Gasteiger partial charge on any atom is 0.221 e. The molecule has 0 aliphatic heterocycles. The van der Waals surface area contributed by atoms with Crippen LogP contribution in [-0.4, -0.2) is 5.91 Å². The van der Waals surface area contributed by atoms with E-state index in [2.05, 4.69) is 0 Å². The van der Waals surface area contributed by atoms with Crippen LogP contribution in [0, 0.1) is 6.92 Å². The van der Waals surface area contributed by atoms with Crippen molar-refractivity contribution < 1.29 is 9.53 Å². The second-order valence-electron chi connectivity index (χ2n) is 4.48. The zero-order valence-corrected chi connectivity index (χ0v) is 10.9. The van der Waals surface area contributed by atoms with Crippen molar-refractivity contribution in [3.63, 3.8) is 0 Å². The van der Waals surface area contributed by atoms with E-state index >= 15 is 0 Å². The van der Waals surface area contributed by atoms with E-state index in [1.807, 2.05) is 55.5 Å². The van der Waals surface area contributed by atoms with Crippen LogP contribution in [-0.2, 0) is 17.8 Å². The molecular formula is C16H17NO2. The van der Waals surface area contributed by atoms with Crippen molar-refractivity contribution in [3.05, 3.63) is 65.2 Å². The SMILES string of the molecule is Cc1cccc(CC(N)=O)c1OCc1ccccc1. The first-order valence-electron chi connectivity index (χ1n) is 6.20. The van der Waals surface area contributed by atoms with Gasteiger partial charge in [0, 0.05) is 5.56 Å². The van der Waals surface area contributed by atoms with Crippen LogP contribution in [0.25, 0.3) is 0 Å². The van der Waals surface area contributed by atoms with Crippen molar-refractivity contribution in [3.8, 4) is 5.75 Å². The molecule has 0 aromatic heterocycles. The van der Waals surface area contributed by atoms with E-state index in [-0.39, 0.29) is 12.3 Å².